The average molecular weight is 301 g/mol. The monoisotopic (exact) mass is 301 g/mol. The van der Waals surface area contributed by atoms with E-state index in [9.17, 15) is 4.79 Å². The van der Waals surface area contributed by atoms with Crippen LogP contribution in [0.1, 0.15) is 26.3 Å². The van der Waals surface area contributed by atoms with E-state index in [2.05, 4.69) is 49.7 Å². The smallest absolute Gasteiger partial charge is 0.321 e. The Balaban J connectivity index is 1.88. The van der Waals surface area contributed by atoms with Crippen molar-refractivity contribution in [2.24, 2.45) is 0 Å². The number of nitrogens with one attached hydrogen (secondary N) is 1. The number of carbonyl (C=O) groups excluding carboxylic acids is 1. The van der Waals surface area contributed by atoms with Gasteiger partial charge in [-0.25, -0.2) is 4.79 Å². The molecule has 0 saturated carbocycles. The quantitative estimate of drug-likeness (QED) is 0.869. The summed E-state index contributed by atoms with van der Waals surface area (Å²) < 4.78 is 0. The lowest BCUT2D eigenvalue weighted by Crippen LogP contribution is -2.49. The predicted molar refractivity (Wildman–Crippen MR) is 92.4 cm³/mol. The molecule has 1 aliphatic heterocycles. The highest BCUT2D eigenvalue weighted by atomic mass is 16.2. The summed E-state index contributed by atoms with van der Waals surface area (Å²) in [6.45, 7) is 14.5. The van der Waals surface area contributed by atoms with Crippen molar-refractivity contribution in [2.45, 2.75) is 26.2 Å². The van der Waals surface area contributed by atoms with Gasteiger partial charge in [-0.15, -0.1) is 6.58 Å². The molecule has 0 aliphatic carbocycles. The fraction of sp³-hybridized carbons (Fsp3) is 0.500. The van der Waals surface area contributed by atoms with Crippen molar-refractivity contribution in [3.8, 4) is 0 Å². The zero-order chi connectivity index (χ0) is 16.2. The molecule has 1 aliphatic rings. The third-order valence-corrected chi connectivity index (χ3v) is 4.05. The maximum atomic E-state index is 12.3. The number of benzene rings is 1. The maximum absolute atomic E-state index is 12.3. The van der Waals surface area contributed by atoms with Gasteiger partial charge in [0.1, 0.15) is 0 Å². The fourth-order valence-electron chi connectivity index (χ4n) is 2.57. The second-order valence-electron chi connectivity index (χ2n) is 6.83. The molecule has 0 aromatic heterocycles. The SMILES string of the molecule is C=CCN1CCN(C(=O)Nc2ccc(C(C)(C)C)cc2)CC1. The van der Waals surface area contributed by atoms with Gasteiger partial charge in [0.25, 0.3) is 0 Å². The number of hydrogen-bond donors (Lipinski definition) is 1. The maximum Gasteiger partial charge on any atom is 0.321 e. The van der Waals surface area contributed by atoms with Crippen LogP contribution >= 0.6 is 0 Å². The Hall–Kier alpha value is -1.81. The summed E-state index contributed by atoms with van der Waals surface area (Å²) in [5.41, 5.74) is 2.25. The first-order valence-electron chi connectivity index (χ1n) is 7.90. The molecular formula is C18H27N3O. The first kappa shape index (κ1) is 16.6. The second-order valence-corrected chi connectivity index (χ2v) is 6.83. The Kier molecular flexibility index (Phi) is 5.24. The minimum absolute atomic E-state index is 0.0123. The molecule has 120 valence electrons. The highest BCUT2D eigenvalue weighted by molar-refractivity contribution is 5.89. The van der Waals surface area contributed by atoms with Crippen molar-refractivity contribution in [1.82, 2.24) is 9.80 Å². The lowest BCUT2D eigenvalue weighted by Gasteiger charge is -2.34. The van der Waals surface area contributed by atoms with Crippen LogP contribution in [0, 0.1) is 0 Å². The number of nitrogens with zero attached hydrogens (tertiary/aromatic N) is 2. The number of urea groups is 1. The first-order valence-corrected chi connectivity index (χ1v) is 7.90. The molecule has 0 bridgehead atoms. The summed E-state index contributed by atoms with van der Waals surface area (Å²) in [6, 6.07) is 8.11. The number of rotatable bonds is 3. The van der Waals surface area contributed by atoms with Crippen molar-refractivity contribution in [3.05, 3.63) is 42.5 Å². The number of carbonyl (C=O) groups is 1. The zero-order valence-electron chi connectivity index (χ0n) is 13.9. The van der Waals surface area contributed by atoms with Crippen LogP contribution in [-0.4, -0.2) is 48.6 Å². The number of amides is 2. The summed E-state index contributed by atoms with van der Waals surface area (Å²) in [6.07, 6.45) is 1.91. The lowest BCUT2D eigenvalue weighted by atomic mass is 9.87. The van der Waals surface area contributed by atoms with Crippen molar-refractivity contribution < 1.29 is 4.79 Å². The summed E-state index contributed by atoms with van der Waals surface area (Å²) >= 11 is 0. The molecule has 1 saturated heterocycles. The van der Waals surface area contributed by atoms with Crippen molar-refractivity contribution in [2.75, 3.05) is 38.0 Å². The van der Waals surface area contributed by atoms with Crippen molar-refractivity contribution >= 4 is 11.7 Å². The van der Waals surface area contributed by atoms with E-state index in [4.69, 9.17) is 0 Å². The molecule has 0 spiro atoms. The van der Waals surface area contributed by atoms with Crippen LogP contribution in [0.5, 0.6) is 0 Å². The van der Waals surface area contributed by atoms with Gasteiger partial charge in [-0.1, -0.05) is 39.0 Å². The van der Waals surface area contributed by atoms with Gasteiger partial charge in [0.05, 0.1) is 0 Å². The van der Waals surface area contributed by atoms with Crippen molar-refractivity contribution in [3.63, 3.8) is 0 Å². The highest BCUT2D eigenvalue weighted by Crippen LogP contribution is 2.23. The van der Waals surface area contributed by atoms with E-state index in [0.29, 0.717) is 0 Å². The van der Waals surface area contributed by atoms with E-state index in [1.54, 1.807) is 0 Å². The van der Waals surface area contributed by atoms with Crippen LogP contribution in [0.25, 0.3) is 0 Å². The molecule has 22 heavy (non-hydrogen) atoms. The molecule has 4 nitrogen and oxygen atoms in total. The summed E-state index contributed by atoms with van der Waals surface area (Å²) in [5, 5.41) is 2.99. The topological polar surface area (TPSA) is 35.6 Å². The van der Waals surface area contributed by atoms with Crippen LogP contribution in [0.15, 0.2) is 36.9 Å². The molecule has 1 N–H and O–H groups in total. The first-order chi connectivity index (χ1) is 10.4. The van der Waals surface area contributed by atoms with Gasteiger partial charge in [0.2, 0.25) is 0 Å². The van der Waals surface area contributed by atoms with Gasteiger partial charge in [-0.2, -0.15) is 0 Å². The van der Waals surface area contributed by atoms with E-state index in [-0.39, 0.29) is 11.4 Å². The molecule has 0 atom stereocenters. The number of anilines is 1. The Morgan fingerprint density at radius 3 is 2.27 bits per heavy atom. The Morgan fingerprint density at radius 2 is 1.77 bits per heavy atom. The van der Waals surface area contributed by atoms with Crippen LogP contribution < -0.4 is 5.32 Å². The fourth-order valence-corrected chi connectivity index (χ4v) is 2.57. The Morgan fingerprint density at radius 1 is 1.18 bits per heavy atom. The minimum Gasteiger partial charge on any atom is -0.322 e. The van der Waals surface area contributed by atoms with E-state index < -0.39 is 0 Å². The molecule has 1 heterocycles. The predicted octanol–water partition coefficient (Wildman–Crippen LogP) is 3.32. The third-order valence-electron chi connectivity index (χ3n) is 4.05. The van der Waals surface area contributed by atoms with Gasteiger partial charge in [0, 0.05) is 38.4 Å². The van der Waals surface area contributed by atoms with Gasteiger partial charge < -0.3 is 10.2 Å². The second kappa shape index (κ2) is 6.97. The third kappa shape index (κ3) is 4.34. The number of piperazine rings is 1. The van der Waals surface area contributed by atoms with Crippen LogP contribution in [0.2, 0.25) is 0 Å². The van der Waals surface area contributed by atoms with E-state index in [1.165, 1.54) is 5.56 Å². The zero-order valence-corrected chi connectivity index (χ0v) is 13.9. The largest absolute Gasteiger partial charge is 0.322 e. The number of hydrogen-bond acceptors (Lipinski definition) is 2. The van der Waals surface area contributed by atoms with Crippen LogP contribution in [-0.2, 0) is 5.41 Å². The summed E-state index contributed by atoms with van der Waals surface area (Å²) in [4.78, 5) is 16.5. The summed E-state index contributed by atoms with van der Waals surface area (Å²) in [7, 11) is 0. The Bertz CT molecular complexity index is 508. The molecule has 0 radical (unpaired) electrons. The summed E-state index contributed by atoms with van der Waals surface area (Å²) in [5.74, 6) is 0. The van der Waals surface area contributed by atoms with E-state index in [0.717, 1.165) is 38.4 Å². The molecular weight excluding hydrogens is 274 g/mol. The highest BCUT2D eigenvalue weighted by Gasteiger charge is 2.20. The standard InChI is InChI=1S/C18H27N3O/c1-5-10-20-11-13-21(14-12-20)17(22)19-16-8-6-15(7-9-16)18(2,3)4/h5-9H,1,10-14H2,2-4H3,(H,19,22). The van der Waals surface area contributed by atoms with E-state index >= 15 is 0 Å². The van der Waals surface area contributed by atoms with Gasteiger partial charge >= 0.3 is 6.03 Å². The molecule has 4 heteroatoms. The molecule has 0 unspecified atom stereocenters. The van der Waals surface area contributed by atoms with Crippen molar-refractivity contribution in [1.29, 1.82) is 0 Å². The van der Waals surface area contributed by atoms with Crippen LogP contribution in [0.4, 0.5) is 10.5 Å². The molecule has 1 aromatic rings. The molecule has 1 aromatic carbocycles. The normalized spacial score (nSPS) is 16.4. The Labute approximate surface area is 133 Å². The van der Waals surface area contributed by atoms with Gasteiger partial charge in [-0.3, -0.25) is 4.90 Å². The molecule has 1 fully saturated rings. The average Bonchev–Trinajstić information content (AvgIpc) is 2.48. The lowest BCUT2D eigenvalue weighted by molar-refractivity contribution is 0.156. The van der Waals surface area contributed by atoms with Gasteiger partial charge in [0.15, 0.2) is 0 Å². The minimum atomic E-state index is -0.0123. The molecule has 2 amide bonds. The molecule has 2 rings (SSSR count). The van der Waals surface area contributed by atoms with E-state index in [1.807, 2.05) is 23.1 Å². The van der Waals surface area contributed by atoms with Gasteiger partial charge in [-0.05, 0) is 23.1 Å². The van der Waals surface area contributed by atoms with Crippen LogP contribution in [0.3, 0.4) is 0 Å².